The maximum atomic E-state index is 12.8. The number of hydrogen-bond acceptors (Lipinski definition) is 3. The lowest BCUT2D eigenvalue weighted by Crippen LogP contribution is -2.06. The molecule has 5 rings (SSSR count). The van der Waals surface area contributed by atoms with Gasteiger partial charge in [-0.05, 0) is 72.0 Å². The summed E-state index contributed by atoms with van der Waals surface area (Å²) in [6.45, 7) is 4.33. The quantitative estimate of drug-likeness (QED) is 0.251. The van der Waals surface area contributed by atoms with E-state index in [0.717, 1.165) is 57.3 Å². The monoisotopic (exact) mass is 502 g/mol. The van der Waals surface area contributed by atoms with Crippen molar-refractivity contribution in [2.75, 3.05) is 0 Å². The number of benzene rings is 3. The molecule has 1 atom stereocenters. The number of nitrogens with zero attached hydrogens (tertiary/aromatic N) is 3. The number of hydrogen-bond donors (Lipinski definition) is 1. The number of rotatable bonds is 7. The van der Waals surface area contributed by atoms with Crippen LogP contribution in [-0.2, 0) is 12.8 Å². The van der Waals surface area contributed by atoms with Gasteiger partial charge in [0.25, 0.3) is 0 Å². The highest BCUT2D eigenvalue weighted by atomic mass is 19.4. The van der Waals surface area contributed by atoms with Crippen molar-refractivity contribution in [3.05, 3.63) is 114 Å². The smallest absolute Gasteiger partial charge is 0.416 e. The average Bonchev–Trinajstić information content (AvgIpc) is 3.57. The fourth-order valence-electron chi connectivity index (χ4n) is 4.07. The van der Waals surface area contributed by atoms with E-state index in [1.54, 1.807) is 0 Å². The molecule has 0 aliphatic heterocycles. The van der Waals surface area contributed by atoms with Gasteiger partial charge in [0.2, 0.25) is 0 Å². The Morgan fingerprint density at radius 3 is 2.00 bits per heavy atom. The SMILES string of the molecule is Cc1nnc([C@H](C)n2ccc(-c3ccc(OCc4ccc(-c5ccc(C(F)(F)F)cc5)cc4)cc3)c2)[nH]1. The zero-order chi connectivity index (χ0) is 26.0. The Bertz CT molecular complexity index is 1470. The standard InChI is InChI=1S/C29H25F3N4O/c1-19(28-33-20(2)34-35-28)36-16-15-25(17-36)24-9-13-27(14-10-24)37-18-21-3-5-22(6-4-21)23-7-11-26(12-8-23)29(30,31)32/h3-17,19H,18H2,1-2H3,(H,33,34,35)/t19-/m0/s1. The molecule has 0 aliphatic rings. The summed E-state index contributed by atoms with van der Waals surface area (Å²) in [4.78, 5) is 3.18. The molecule has 37 heavy (non-hydrogen) atoms. The van der Waals surface area contributed by atoms with Gasteiger partial charge >= 0.3 is 6.18 Å². The number of H-pyrrole nitrogens is 1. The molecule has 188 valence electrons. The highest BCUT2D eigenvalue weighted by Crippen LogP contribution is 2.31. The van der Waals surface area contributed by atoms with E-state index in [1.807, 2.05) is 61.7 Å². The van der Waals surface area contributed by atoms with Crippen LogP contribution in [-0.4, -0.2) is 19.7 Å². The third-order valence-electron chi connectivity index (χ3n) is 6.27. The Morgan fingerprint density at radius 1 is 0.811 bits per heavy atom. The fraction of sp³-hybridized carbons (Fsp3) is 0.172. The zero-order valence-corrected chi connectivity index (χ0v) is 20.3. The molecule has 0 fully saturated rings. The molecule has 2 aromatic heterocycles. The first kappa shape index (κ1) is 24.4. The lowest BCUT2D eigenvalue weighted by atomic mass is 10.0. The molecule has 0 radical (unpaired) electrons. The second-order valence-corrected chi connectivity index (χ2v) is 8.90. The lowest BCUT2D eigenvalue weighted by molar-refractivity contribution is -0.137. The number of aromatic nitrogens is 4. The van der Waals surface area contributed by atoms with E-state index in [1.165, 1.54) is 12.1 Å². The molecule has 0 saturated heterocycles. The first-order valence-electron chi connectivity index (χ1n) is 11.8. The van der Waals surface area contributed by atoms with Crippen molar-refractivity contribution in [2.24, 2.45) is 0 Å². The van der Waals surface area contributed by atoms with Gasteiger partial charge in [-0.3, -0.25) is 0 Å². The average molecular weight is 503 g/mol. The fourth-order valence-corrected chi connectivity index (χ4v) is 4.07. The van der Waals surface area contributed by atoms with E-state index in [2.05, 4.69) is 38.9 Å². The van der Waals surface area contributed by atoms with E-state index in [4.69, 9.17) is 4.74 Å². The number of ether oxygens (including phenoxy) is 1. The van der Waals surface area contributed by atoms with Crippen molar-refractivity contribution in [3.8, 4) is 28.0 Å². The summed E-state index contributed by atoms with van der Waals surface area (Å²) < 4.78 is 46.4. The van der Waals surface area contributed by atoms with Crippen LogP contribution in [0, 0.1) is 6.92 Å². The molecule has 5 aromatic rings. The van der Waals surface area contributed by atoms with Gasteiger partial charge in [-0.25, -0.2) is 0 Å². The van der Waals surface area contributed by atoms with Crippen molar-refractivity contribution in [1.29, 1.82) is 0 Å². The van der Waals surface area contributed by atoms with Gasteiger partial charge in [-0.2, -0.15) is 13.2 Å². The molecule has 1 N–H and O–H groups in total. The minimum Gasteiger partial charge on any atom is -0.489 e. The van der Waals surface area contributed by atoms with E-state index in [9.17, 15) is 13.2 Å². The summed E-state index contributed by atoms with van der Waals surface area (Å²) in [7, 11) is 0. The van der Waals surface area contributed by atoms with Gasteiger partial charge in [0.05, 0.1) is 11.6 Å². The highest BCUT2D eigenvalue weighted by Gasteiger charge is 2.29. The summed E-state index contributed by atoms with van der Waals surface area (Å²) in [5, 5.41) is 8.22. The van der Waals surface area contributed by atoms with Crippen LogP contribution in [0.4, 0.5) is 13.2 Å². The first-order chi connectivity index (χ1) is 17.8. The van der Waals surface area contributed by atoms with E-state index < -0.39 is 11.7 Å². The Kier molecular flexibility index (Phi) is 6.56. The number of nitrogens with one attached hydrogen (secondary N) is 1. The Hall–Kier alpha value is -4.33. The highest BCUT2D eigenvalue weighted by molar-refractivity contribution is 5.65. The van der Waals surface area contributed by atoms with Gasteiger partial charge in [0, 0.05) is 12.4 Å². The summed E-state index contributed by atoms with van der Waals surface area (Å²) in [5.74, 6) is 2.36. The summed E-state index contributed by atoms with van der Waals surface area (Å²) in [6, 6.07) is 22.8. The normalized spacial score (nSPS) is 12.5. The van der Waals surface area contributed by atoms with Crippen LogP contribution >= 0.6 is 0 Å². The Labute approximate surface area is 212 Å². The number of aromatic amines is 1. The molecule has 0 spiro atoms. The third-order valence-corrected chi connectivity index (χ3v) is 6.27. The molecule has 0 aliphatic carbocycles. The summed E-state index contributed by atoms with van der Waals surface area (Å²) in [6.07, 6.45) is -0.230. The van der Waals surface area contributed by atoms with E-state index in [-0.39, 0.29) is 6.04 Å². The van der Waals surface area contributed by atoms with Gasteiger partial charge in [0.15, 0.2) is 5.82 Å². The topological polar surface area (TPSA) is 55.7 Å². The van der Waals surface area contributed by atoms with Gasteiger partial charge < -0.3 is 14.3 Å². The molecule has 0 amide bonds. The van der Waals surface area contributed by atoms with Crippen LogP contribution in [0.1, 0.15) is 35.7 Å². The zero-order valence-electron chi connectivity index (χ0n) is 20.3. The molecule has 0 unspecified atom stereocenters. The van der Waals surface area contributed by atoms with Crippen LogP contribution in [0.15, 0.2) is 91.3 Å². The van der Waals surface area contributed by atoms with Gasteiger partial charge in [-0.15, -0.1) is 10.2 Å². The third kappa shape index (κ3) is 5.58. The molecule has 8 heteroatoms. The molecular weight excluding hydrogens is 477 g/mol. The largest absolute Gasteiger partial charge is 0.489 e. The Morgan fingerprint density at radius 2 is 1.41 bits per heavy atom. The predicted molar refractivity (Wildman–Crippen MR) is 136 cm³/mol. The molecule has 0 saturated carbocycles. The van der Waals surface area contributed by atoms with Crippen LogP contribution in [0.2, 0.25) is 0 Å². The molecule has 3 aromatic carbocycles. The van der Waals surface area contributed by atoms with Gasteiger partial charge in [-0.1, -0.05) is 48.5 Å². The first-order valence-corrected chi connectivity index (χ1v) is 11.8. The van der Waals surface area contributed by atoms with Crippen molar-refractivity contribution < 1.29 is 17.9 Å². The lowest BCUT2D eigenvalue weighted by Gasteiger charge is -2.10. The number of halogens is 3. The molecular formula is C29H25F3N4O. The maximum Gasteiger partial charge on any atom is 0.416 e. The summed E-state index contributed by atoms with van der Waals surface area (Å²) >= 11 is 0. The number of alkyl halides is 3. The van der Waals surface area contributed by atoms with Crippen molar-refractivity contribution in [1.82, 2.24) is 19.7 Å². The molecule has 2 heterocycles. The van der Waals surface area contributed by atoms with E-state index in [0.29, 0.717) is 6.61 Å². The van der Waals surface area contributed by atoms with Gasteiger partial charge in [0.1, 0.15) is 18.2 Å². The molecule has 5 nitrogen and oxygen atoms in total. The second kappa shape index (κ2) is 9.97. The molecule has 0 bridgehead atoms. The van der Waals surface area contributed by atoms with Crippen LogP contribution in [0.25, 0.3) is 22.3 Å². The minimum atomic E-state index is -4.33. The van der Waals surface area contributed by atoms with Crippen molar-refractivity contribution in [3.63, 3.8) is 0 Å². The van der Waals surface area contributed by atoms with Crippen molar-refractivity contribution in [2.45, 2.75) is 32.7 Å². The van der Waals surface area contributed by atoms with Crippen LogP contribution in [0.5, 0.6) is 5.75 Å². The number of aryl methyl sites for hydroxylation is 1. The Balaban J connectivity index is 1.19. The van der Waals surface area contributed by atoms with E-state index >= 15 is 0 Å². The second-order valence-electron chi connectivity index (χ2n) is 8.90. The minimum absolute atomic E-state index is 0.0446. The van der Waals surface area contributed by atoms with Crippen LogP contribution in [0.3, 0.4) is 0 Å². The summed E-state index contributed by atoms with van der Waals surface area (Å²) in [5.41, 5.74) is 4.06. The van der Waals surface area contributed by atoms with Crippen LogP contribution < -0.4 is 4.74 Å². The van der Waals surface area contributed by atoms with Crippen molar-refractivity contribution >= 4 is 0 Å². The predicted octanol–water partition coefficient (Wildman–Crippen LogP) is 7.46. The maximum absolute atomic E-state index is 12.8.